The van der Waals surface area contributed by atoms with E-state index >= 15 is 0 Å². The van der Waals surface area contributed by atoms with Crippen molar-refractivity contribution in [2.45, 2.75) is 38.3 Å². The summed E-state index contributed by atoms with van der Waals surface area (Å²) in [5, 5.41) is 3.49. The van der Waals surface area contributed by atoms with E-state index in [9.17, 15) is 0 Å². The molecule has 2 fully saturated rings. The Balaban J connectivity index is 1.68. The quantitative estimate of drug-likeness (QED) is 0.902. The molecule has 22 heavy (non-hydrogen) atoms. The molecule has 0 aliphatic carbocycles. The molecule has 0 spiro atoms. The fraction of sp³-hybridized carbons (Fsp3) is 0.684. The van der Waals surface area contributed by atoms with E-state index in [1.165, 1.54) is 63.0 Å². The molecule has 0 aromatic heterocycles. The van der Waals surface area contributed by atoms with E-state index in [-0.39, 0.29) is 0 Å². The third kappa shape index (κ3) is 3.89. The van der Waals surface area contributed by atoms with Crippen LogP contribution in [0, 0.1) is 5.92 Å². The molecule has 0 saturated carbocycles. The van der Waals surface area contributed by atoms with E-state index in [1.54, 1.807) is 0 Å². The first kappa shape index (κ1) is 16.0. The summed E-state index contributed by atoms with van der Waals surface area (Å²) in [6.07, 6.45) is 5.32. The van der Waals surface area contributed by atoms with Crippen LogP contribution in [0.1, 0.15) is 42.9 Å². The number of rotatable bonds is 5. The van der Waals surface area contributed by atoms with Gasteiger partial charge in [-0.25, -0.2) is 0 Å². The number of benzene rings is 1. The second-order valence-corrected chi connectivity index (χ2v) is 7.22. The average molecular weight is 301 g/mol. The maximum Gasteiger partial charge on any atom is 0.0371 e. The van der Waals surface area contributed by atoms with Crippen molar-refractivity contribution in [2.24, 2.45) is 5.92 Å². The van der Waals surface area contributed by atoms with Gasteiger partial charge in [-0.05, 0) is 83.0 Å². The van der Waals surface area contributed by atoms with Crippen molar-refractivity contribution >= 4 is 0 Å². The minimum Gasteiger partial charge on any atom is -0.317 e. The van der Waals surface area contributed by atoms with Gasteiger partial charge in [-0.3, -0.25) is 4.90 Å². The second kappa shape index (κ2) is 7.58. The van der Waals surface area contributed by atoms with Gasteiger partial charge in [0.15, 0.2) is 0 Å². The van der Waals surface area contributed by atoms with Crippen molar-refractivity contribution in [3.63, 3.8) is 0 Å². The molecule has 1 atom stereocenters. The van der Waals surface area contributed by atoms with Crippen molar-refractivity contribution in [1.29, 1.82) is 0 Å². The van der Waals surface area contributed by atoms with Crippen LogP contribution >= 0.6 is 0 Å². The van der Waals surface area contributed by atoms with Gasteiger partial charge < -0.3 is 10.2 Å². The van der Waals surface area contributed by atoms with Crippen molar-refractivity contribution in [3.05, 3.63) is 35.4 Å². The third-order valence-corrected chi connectivity index (χ3v) is 5.31. The molecular weight excluding hydrogens is 270 g/mol. The van der Waals surface area contributed by atoms with Crippen LogP contribution < -0.4 is 5.32 Å². The standard InChI is InChI=1S/C19H31N3/c1-21(2)19(18-9-11-20-12-10-18)17-7-5-16(6-8-17)15-22-13-3-4-14-22/h5-8,18-20H,3-4,9-15H2,1-2H3. The number of likely N-dealkylation sites (tertiary alicyclic amines) is 1. The van der Waals surface area contributed by atoms with E-state index in [0.717, 1.165) is 12.5 Å². The van der Waals surface area contributed by atoms with Crippen LogP contribution in [0.25, 0.3) is 0 Å². The highest BCUT2D eigenvalue weighted by Crippen LogP contribution is 2.32. The Labute approximate surface area is 135 Å². The molecular formula is C19H31N3. The zero-order valence-corrected chi connectivity index (χ0v) is 14.2. The normalized spacial score (nSPS) is 22.3. The van der Waals surface area contributed by atoms with Crippen LogP contribution in [0.4, 0.5) is 0 Å². The number of piperidine rings is 1. The topological polar surface area (TPSA) is 18.5 Å². The largest absolute Gasteiger partial charge is 0.317 e. The molecule has 3 nitrogen and oxygen atoms in total. The highest BCUT2D eigenvalue weighted by Gasteiger charge is 2.26. The van der Waals surface area contributed by atoms with Gasteiger partial charge in [0.05, 0.1) is 0 Å². The molecule has 2 aliphatic heterocycles. The highest BCUT2D eigenvalue weighted by atomic mass is 15.1. The molecule has 1 N–H and O–H groups in total. The van der Waals surface area contributed by atoms with Crippen LogP contribution in [0.2, 0.25) is 0 Å². The Morgan fingerprint density at radius 2 is 1.73 bits per heavy atom. The van der Waals surface area contributed by atoms with Crippen LogP contribution in [0.5, 0.6) is 0 Å². The Bertz CT molecular complexity index is 442. The van der Waals surface area contributed by atoms with Crippen LogP contribution in [0.15, 0.2) is 24.3 Å². The van der Waals surface area contributed by atoms with E-state index in [2.05, 4.69) is 53.5 Å². The first-order valence-corrected chi connectivity index (χ1v) is 8.92. The van der Waals surface area contributed by atoms with Crippen molar-refractivity contribution in [1.82, 2.24) is 15.1 Å². The summed E-state index contributed by atoms with van der Waals surface area (Å²) in [7, 11) is 4.45. The SMILES string of the molecule is CN(C)C(c1ccc(CN2CCCC2)cc1)C1CCNCC1. The molecule has 0 bridgehead atoms. The third-order valence-electron chi connectivity index (χ3n) is 5.31. The van der Waals surface area contributed by atoms with Crippen LogP contribution in [-0.2, 0) is 6.54 Å². The lowest BCUT2D eigenvalue weighted by atomic mass is 9.85. The molecule has 2 heterocycles. The van der Waals surface area contributed by atoms with Crippen molar-refractivity contribution < 1.29 is 0 Å². The molecule has 0 amide bonds. The van der Waals surface area contributed by atoms with Crippen LogP contribution in [0.3, 0.4) is 0 Å². The lowest BCUT2D eigenvalue weighted by Gasteiger charge is -2.35. The van der Waals surface area contributed by atoms with Gasteiger partial charge in [0.2, 0.25) is 0 Å². The first-order chi connectivity index (χ1) is 10.7. The maximum atomic E-state index is 3.49. The lowest BCUT2D eigenvalue weighted by Crippen LogP contribution is -2.36. The van der Waals surface area contributed by atoms with Gasteiger partial charge in [-0.2, -0.15) is 0 Å². The fourth-order valence-electron chi connectivity index (χ4n) is 4.17. The Kier molecular flexibility index (Phi) is 5.51. The van der Waals surface area contributed by atoms with Crippen LogP contribution in [-0.4, -0.2) is 50.1 Å². The lowest BCUT2D eigenvalue weighted by molar-refractivity contribution is 0.177. The minimum atomic E-state index is 0.558. The van der Waals surface area contributed by atoms with Gasteiger partial charge >= 0.3 is 0 Å². The molecule has 122 valence electrons. The average Bonchev–Trinajstić information content (AvgIpc) is 3.03. The number of nitrogens with zero attached hydrogens (tertiary/aromatic N) is 2. The molecule has 3 rings (SSSR count). The smallest absolute Gasteiger partial charge is 0.0371 e. The summed E-state index contributed by atoms with van der Waals surface area (Å²) in [5.41, 5.74) is 2.95. The van der Waals surface area contributed by atoms with E-state index in [1.807, 2.05) is 0 Å². The summed E-state index contributed by atoms with van der Waals surface area (Å²) in [5.74, 6) is 0.778. The zero-order chi connectivity index (χ0) is 15.4. The van der Waals surface area contributed by atoms with E-state index in [0.29, 0.717) is 6.04 Å². The van der Waals surface area contributed by atoms with Crippen molar-refractivity contribution in [2.75, 3.05) is 40.3 Å². The fourth-order valence-corrected chi connectivity index (χ4v) is 4.17. The number of hydrogen-bond donors (Lipinski definition) is 1. The highest BCUT2D eigenvalue weighted by molar-refractivity contribution is 5.26. The van der Waals surface area contributed by atoms with Crippen molar-refractivity contribution in [3.8, 4) is 0 Å². The Morgan fingerprint density at radius 1 is 1.09 bits per heavy atom. The molecule has 2 aliphatic rings. The van der Waals surface area contributed by atoms with Gasteiger partial charge in [-0.1, -0.05) is 24.3 Å². The van der Waals surface area contributed by atoms with E-state index in [4.69, 9.17) is 0 Å². The monoisotopic (exact) mass is 301 g/mol. The summed E-state index contributed by atoms with van der Waals surface area (Å²) in [4.78, 5) is 4.98. The molecule has 1 unspecified atom stereocenters. The van der Waals surface area contributed by atoms with Gasteiger partial charge in [0.1, 0.15) is 0 Å². The summed E-state index contributed by atoms with van der Waals surface area (Å²) >= 11 is 0. The summed E-state index contributed by atoms with van der Waals surface area (Å²) < 4.78 is 0. The number of hydrogen-bond acceptors (Lipinski definition) is 3. The van der Waals surface area contributed by atoms with Gasteiger partial charge in [0.25, 0.3) is 0 Å². The number of nitrogens with one attached hydrogen (secondary N) is 1. The Morgan fingerprint density at radius 3 is 2.32 bits per heavy atom. The molecule has 1 aromatic rings. The second-order valence-electron chi connectivity index (χ2n) is 7.22. The molecule has 0 radical (unpaired) electrons. The Hall–Kier alpha value is -0.900. The van der Waals surface area contributed by atoms with Gasteiger partial charge in [0, 0.05) is 12.6 Å². The predicted molar refractivity (Wildman–Crippen MR) is 93.0 cm³/mol. The molecule has 1 aromatic carbocycles. The van der Waals surface area contributed by atoms with Gasteiger partial charge in [-0.15, -0.1) is 0 Å². The summed E-state index contributed by atoms with van der Waals surface area (Å²) in [6.45, 7) is 6.01. The van der Waals surface area contributed by atoms with E-state index < -0.39 is 0 Å². The molecule has 2 saturated heterocycles. The first-order valence-electron chi connectivity index (χ1n) is 8.92. The minimum absolute atomic E-state index is 0.558. The summed E-state index contributed by atoms with van der Waals surface area (Å²) in [6, 6.07) is 10.0. The molecule has 3 heteroatoms. The maximum absolute atomic E-state index is 3.49. The zero-order valence-electron chi connectivity index (χ0n) is 14.2. The predicted octanol–water partition coefficient (Wildman–Crippen LogP) is 2.88.